The zero-order valence-electron chi connectivity index (χ0n) is 13.0. The van der Waals surface area contributed by atoms with Crippen molar-refractivity contribution >= 4 is 0 Å². The molecule has 5 heteroatoms. The van der Waals surface area contributed by atoms with Gasteiger partial charge in [0.05, 0.1) is 17.4 Å². The van der Waals surface area contributed by atoms with E-state index in [4.69, 9.17) is 5.10 Å². The number of rotatable bonds is 6. The number of aryl methyl sites for hydroxylation is 2. The van der Waals surface area contributed by atoms with E-state index in [2.05, 4.69) is 41.2 Å². The van der Waals surface area contributed by atoms with Gasteiger partial charge in [0.1, 0.15) is 0 Å². The third-order valence-corrected chi connectivity index (χ3v) is 4.44. The Bertz CT molecular complexity index is 577. The van der Waals surface area contributed by atoms with Gasteiger partial charge in [0.2, 0.25) is 0 Å². The van der Waals surface area contributed by atoms with Crippen LogP contribution in [0.4, 0.5) is 0 Å². The van der Waals surface area contributed by atoms with Crippen molar-refractivity contribution in [3.05, 3.63) is 35.4 Å². The van der Waals surface area contributed by atoms with E-state index >= 15 is 0 Å². The number of hydrogen-bond donors (Lipinski definition) is 1. The lowest BCUT2D eigenvalue weighted by Gasteiger charge is -2.08. The zero-order chi connectivity index (χ0) is 14.7. The second-order valence-electron chi connectivity index (χ2n) is 5.90. The Hall–Kier alpha value is -1.62. The summed E-state index contributed by atoms with van der Waals surface area (Å²) in [6.45, 7) is 6.86. The van der Waals surface area contributed by atoms with Crippen molar-refractivity contribution in [2.24, 2.45) is 0 Å². The van der Waals surface area contributed by atoms with Gasteiger partial charge in [-0.25, -0.2) is 0 Å². The minimum absolute atomic E-state index is 0.624. The molecule has 0 aromatic carbocycles. The summed E-state index contributed by atoms with van der Waals surface area (Å²) >= 11 is 0. The summed E-state index contributed by atoms with van der Waals surface area (Å²) in [6, 6.07) is 2.70. The van der Waals surface area contributed by atoms with Gasteiger partial charge in [0.25, 0.3) is 0 Å². The molecule has 2 aromatic rings. The lowest BCUT2D eigenvalue weighted by Crippen LogP contribution is -2.16. The molecule has 1 N–H and O–H groups in total. The van der Waals surface area contributed by atoms with Crippen LogP contribution in [0.5, 0.6) is 0 Å². The molecule has 0 atom stereocenters. The summed E-state index contributed by atoms with van der Waals surface area (Å²) in [4.78, 5) is 0. The van der Waals surface area contributed by atoms with Crippen molar-refractivity contribution in [1.29, 1.82) is 0 Å². The van der Waals surface area contributed by atoms with Crippen molar-refractivity contribution in [3.8, 4) is 0 Å². The Morgan fingerprint density at radius 1 is 1.29 bits per heavy atom. The maximum atomic E-state index is 4.70. The lowest BCUT2D eigenvalue weighted by atomic mass is 10.2. The molecular weight excluding hydrogens is 262 g/mol. The van der Waals surface area contributed by atoms with Gasteiger partial charge in [-0.2, -0.15) is 10.2 Å². The molecule has 0 unspecified atom stereocenters. The number of hydrogen-bond acceptors (Lipinski definition) is 3. The molecule has 1 aliphatic rings. The summed E-state index contributed by atoms with van der Waals surface area (Å²) in [5.74, 6) is 0. The highest BCUT2D eigenvalue weighted by molar-refractivity contribution is 5.16. The third-order valence-electron chi connectivity index (χ3n) is 4.44. The van der Waals surface area contributed by atoms with Crippen LogP contribution in [0, 0.1) is 6.92 Å². The predicted molar refractivity (Wildman–Crippen MR) is 82.9 cm³/mol. The van der Waals surface area contributed by atoms with Crippen LogP contribution in [0.25, 0.3) is 0 Å². The smallest absolute Gasteiger partial charge is 0.0638 e. The monoisotopic (exact) mass is 287 g/mol. The van der Waals surface area contributed by atoms with Gasteiger partial charge in [-0.05, 0) is 32.8 Å². The maximum Gasteiger partial charge on any atom is 0.0638 e. The standard InChI is InChI=1S/C16H25N5/c1-3-20-16(8-9-18-20)11-17-10-14-12-21(19-13(14)2)15-6-4-5-7-15/h8-9,12,15,17H,3-7,10-11H2,1-2H3. The lowest BCUT2D eigenvalue weighted by molar-refractivity contribution is 0.464. The summed E-state index contributed by atoms with van der Waals surface area (Å²) < 4.78 is 4.22. The van der Waals surface area contributed by atoms with E-state index in [1.807, 2.05) is 10.9 Å². The van der Waals surface area contributed by atoms with E-state index in [1.165, 1.54) is 36.9 Å². The molecular formula is C16H25N5. The maximum absolute atomic E-state index is 4.70. The molecule has 1 saturated carbocycles. The van der Waals surface area contributed by atoms with E-state index in [1.54, 1.807) is 0 Å². The predicted octanol–water partition coefficient (Wildman–Crippen LogP) is 2.81. The average molecular weight is 287 g/mol. The first-order valence-corrected chi connectivity index (χ1v) is 8.04. The first-order chi connectivity index (χ1) is 10.3. The fourth-order valence-electron chi connectivity index (χ4n) is 3.17. The molecule has 1 fully saturated rings. The Morgan fingerprint density at radius 3 is 2.86 bits per heavy atom. The highest BCUT2D eigenvalue weighted by atomic mass is 15.3. The van der Waals surface area contributed by atoms with Gasteiger partial charge in [0, 0.05) is 37.6 Å². The Morgan fingerprint density at radius 2 is 2.10 bits per heavy atom. The van der Waals surface area contributed by atoms with Crippen LogP contribution in [0.15, 0.2) is 18.5 Å². The van der Waals surface area contributed by atoms with Crippen LogP contribution in [-0.2, 0) is 19.6 Å². The van der Waals surface area contributed by atoms with Crippen LogP contribution in [-0.4, -0.2) is 19.6 Å². The second kappa shape index (κ2) is 6.43. The zero-order valence-corrected chi connectivity index (χ0v) is 13.0. The largest absolute Gasteiger partial charge is 0.307 e. The fourth-order valence-corrected chi connectivity index (χ4v) is 3.17. The molecule has 3 rings (SSSR count). The number of nitrogens with one attached hydrogen (secondary N) is 1. The second-order valence-corrected chi connectivity index (χ2v) is 5.90. The van der Waals surface area contributed by atoms with Gasteiger partial charge in [-0.15, -0.1) is 0 Å². The van der Waals surface area contributed by atoms with Crippen molar-refractivity contribution in [2.45, 2.75) is 65.2 Å². The Labute approximate surface area is 126 Å². The number of nitrogens with zero attached hydrogens (tertiary/aromatic N) is 4. The molecule has 0 amide bonds. The molecule has 5 nitrogen and oxygen atoms in total. The van der Waals surface area contributed by atoms with Crippen LogP contribution in [0.3, 0.4) is 0 Å². The van der Waals surface area contributed by atoms with Crippen LogP contribution in [0.2, 0.25) is 0 Å². The van der Waals surface area contributed by atoms with Gasteiger partial charge in [0.15, 0.2) is 0 Å². The van der Waals surface area contributed by atoms with Gasteiger partial charge in [-0.1, -0.05) is 12.8 Å². The third kappa shape index (κ3) is 3.18. The normalized spacial score (nSPS) is 15.9. The molecule has 2 aromatic heterocycles. The molecule has 2 heterocycles. The summed E-state index contributed by atoms with van der Waals surface area (Å²) in [6.07, 6.45) is 9.35. The van der Waals surface area contributed by atoms with Crippen molar-refractivity contribution in [3.63, 3.8) is 0 Å². The minimum atomic E-state index is 0.624. The highest BCUT2D eigenvalue weighted by Gasteiger charge is 2.18. The summed E-state index contributed by atoms with van der Waals surface area (Å²) in [5, 5.41) is 12.5. The Balaban J connectivity index is 1.57. The van der Waals surface area contributed by atoms with Crippen molar-refractivity contribution in [1.82, 2.24) is 24.9 Å². The topological polar surface area (TPSA) is 47.7 Å². The number of aromatic nitrogens is 4. The van der Waals surface area contributed by atoms with E-state index in [-0.39, 0.29) is 0 Å². The quantitative estimate of drug-likeness (QED) is 0.888. The van der Waals surface area contributed by atoms with E-state index < -0.39 is 0 Å². The van der Waals surface area contributed by atoms with Crippen LogP contribution in [0.1, 0.15) is 55.6 Å². The average Bonchev–Trinajstić information content (AvgIpc) is 3.20. The van der Waals surface area contributed by atoms with E-state index in [9.17, 15) is 0 Å². The van der Waals surface area contributed by atoms with Crippen molar-refractivity contribution in [2.75, 3.05) is 0 Å². The first-order valence-electron chi connectivity index (χ1n) is 8.04. The minimum Gasteiger partial charge on any atom is -0.307 e. The SMILES string of the molecule is CCn1nccc1CNCc1cn(C2CCCC2)nc1C. The van der Waals surface area contributed by atoms with E-state index in [0.29, 0.717) is 6.04 Å². The summed E-state index contributed by atoms with van der Waals surface area (Å²) in [5.41, 5.74) is 3.70. The highest BCUT2D eigenvalue weighted by Crippen LogP contribution is 2.29. The summed E-state index contributed by atoms with van der Waals surface area (Å²) in [7, 11) is 0. The van der Waals surface area contributed by atoms with Crippen LogP contribution >= 0.6 is 0 Å². The molecule has 0 bridgehead atoms. The molecule has 0 spiro atoms. The molecule has 1 aliphatic carbocycles. The molecule has 21 heavy (non-hydrogen) atoms. The van der Waals surface area contributed by atoms with Crippen molar-refractivity contribution < 1.29 is 0 Å². The Kier molecular flexibility index (Phi) is 4.39. The molecule has 114 valence electrons. The van der Waals surface area contributed by atoms with Crippen LogP contribution < -0.4 is 5.32 Å². The molecule has 0 radical (unpaired) electrons. The van der Waals surface area contributed by atoms with Gasteiger partial charge < -0.3 is 5.32 Å². The van der Waals surface area contributed by atoms with Gasteiger partial charge in [-0.3, -0.25) is 9.36 Å². The fraction of sp³-hybridized carbons (Fsp3) is 0.625. The first kappa shape index (κ1) is 14.3. The van der Waals surface area contributed by atoms with E-state index in [0.717, 1.165) is 25.3 Å². The molecule has 0 saturated heterocycles. The molecule has 0 aliphatic heterocycles. The van der Waals surface area contributed by atoms with Gasteiger partial charge >= 0.3 is 0 Å².